The number of nitrogens with two attached hydrogens (primary N) is 1. The number of rotatable bonds is 12. The van der Waals surface area contributed by atoms with Crippen molar-refractivity contribution < 1.29 is 29.4 Å². The number of amides is 3. The summed E-state index contributed by atoms with van der Waals surface area (Å²) in [5, 5.41) is 26.7. The van der Waals surface area contributed by atoms with Gasteiger partial charge in [-0.05, 0) is 47.0 Å². The average molecular weight is 495 g/mol. The lowest BCUT2D eigenvalue weighted by Crippen LogP contribution is -2.62. The first kappa shape index (κ1) is 30.5. The Morgan fingerprint density at radius 2 is 1.38 bits per heavy atom. The van der Waals surface area contributed by atoms with Crippen LogP contribution in [0.2, 0.25) is 0 Å². The highest BCUT2D eigenvalue weighted by atomic mass is 32.1. The van der Waals surface area contributed by atoms with Gasteiger partial charge in [0.05, 0.1) is 12.1 Å². The highest BCUT2D eigenvalue weighted by Crippen LogP contribution is 2.19. The van der Waals surface area contributed by atoms with E-state index in [4.69, 9.17) is 5.73 Å². The number of carbonyl (C=O) groups is 4. The molecule has 0 aliphatic heterocycles. The number of hydrogen-bond acceptors (Lipinski definition) is 8. The van der Waals surface area contributed by atoms with Gasteiger partial charge in [0.1, 0.15) is 18.1 Å². The predicted octanol–water partition coefficient (Wildman–Crippen LogP) is -0.304. The molecule has 0 aliphatic carbocycles. The van der Waals surface area contributed by atoms with E-state index in [2.05, 4.69) is 41.2 Å². The molecule has 5 atom stereocenters. The van der Waals surface area contributed by atoms with E-state index in [-0.39, 0.29) is 12.3 Å². The van der Waals surface area contributed by atoms with Gasteiger partial charge in [0.2, 0.25) is 17.7 Å². The third-order valence-corrected chi connectivity index (χ3v) is 5.22. The average Bonchev–Trinajstić information content (AvgIpc) is 2.59. The fraction of sp³-hybridized carbons (Fsp3) is 0.800. The Bertz CT molecular complexity index is 689. The zero-order chi connectivity index (χ0) is 25.6. The van der Waals surface area contributed by atoms with Crippen LogP contribution < -0.4 is 21.7 Å². The fourth-order valence-electron chi connectivity index (χ4n) is 2.72. The summed E-state index contributed by atoms with van der Waals surface area (Å²) in [6.07, 6.45) is -1.10. The number of carboxylic acid groups (broad SMARTS) is 1. The maximum atomic E-state index is 12.9. The Kier molecular flexibility index (Phi) is 11.5. The van der Waals surface area contributed by atoms with Gasteiger partial charge in [-0.2, -0.15) is 25.3 Å². The Morgan fingerprint density at radius 1 is 0.875 bits per heavy atom. The van der Waals surface area contributed by atoms with Crippen LogP contribution in [0.3, 0.4) is 0 Å². The van der Waals surface area contributed by atoms with E-state index >= 15 is 0 Å². The quantitative estimate of drug-likeness (QED) is 0.172. The molecule has 0 unspecified atom stereocenters. The lowest BCUT2D eigenvalue weighted by atomic mass is 9.99. The molecule has 0 aromatic rings. The molecular formula is C20H38N4O6S2. The van der Waals surface area contributed by atoms with E-state index in [9.17, 15) is 29.4 Å². The lowest BCUT2D eigenvalue weighted by molar-refractivity contribution is -0.143. The Morgan fingerprint density at radius 3 is 1.72 bits per heavy atom. The summed E-state index contributed by atoms with van der Waals surface area (Å²) >= 11 is 8.48. The molecule has 0 fully saturated rings. The van der Waals surface area contributed by atoms with Crippen molar-refractivity contribution in [2.24, 2.45) is 11.7 Å². The summed E-state index contributed by atoms with van der Waals surface area (Å²) in [6, 6.07) is -4.87. The molecule has 0 heterocycles. The smallest absolute Gasteiger partial charge is 0.327 e. The summed E-state index contributed by atoms with van der Waals surface area (Å²) < 4.78 is -1.95. The molecule has 0 aromatic carbocycles. The van der Waals surface area contributed by atoms with Crippen molar-refractivity contribution in [3.63, 3.8) is 0 Å². The van der Waals surface area contributed by atoms with E-state index in [0.29, 0.717) is 0 Å². The second-order valence-electron chi connectivity index (χ2n) is 9.48. The number of carbonyl (C=O) groups excluding carboxylic acids is 3. The minimum Gasteiger partial charge on any atom is -0.480 e. The molecule has 186 valence electrons. The first-order valence-corrected chi connectivity index (χ1v) is 11.2. The Hall–Kier alpha value is -1.50. The van der Waals surface area contributed by atoms with Crippen molar-refractivity contribution in [3.05, 3.63) is 0 Å². The number of aliphatic carboxylic acids is 1. The molecule has 0 radical (unpaired) electrons. The number of nitrogens with one attached hydrogen (secondary N) is 3. The topological polar surface area (TPSA) is 171 Å². The summed E-state index contributed by atoms with van der Waals surface area (Å²) in [7, 11) is 0. The van der Waals surface area contributed by atoms with Crippen molar-refractivity contribution in [2.75, 3.05) is 0 Å². The van der Waals surface area contributed by atoms with Crippen LogP contribution in [0.15, 0.2) is 0 Å². The van der Waals surface area contributed by atoms with E-state index in [1.807, 2.05) is 13.8 Å². The number of hydrogen-bond donors (Lipinski definition) is 8. The minimum atomic E-state index is -1.46. The van der Waals surface area contributed by atoms with Crippen molar-refractivity contribution >= 4 is 48.9 Å². The monoisotopic (exact) mass is 494 g/mol. The summed E-state index contributed by atoms with van der Waals surface area (Å²) in [4.78, 5) is 49.6. The molecule has 0 spiro atoms. The van der Waals surface area contributed by atoms with Gasteiger partial charge in [0.15, 0.2) is 0 Å². The third-order valence-electron chi connectivity index (χ3n) is 4.69. The number of aliphatic hydroxyl groups is 1. The van der Waals surface area contributed by atoms with Crippen LogP contribution in [0.4, 0.5) is 0 Å². The molecule has 0 aliphatic rings. The maximum absolute atomic E-state index is 12.9. The molecule has 0 saturated heterocycles. The molecule has 7 N–H and O–H groups in total. The van der Waals surface area contributed by atoms with Crippen LogP contribution in [0, 0.1) is 5.92 Å². The van der Waals surface area contributed by atoms with E-state index in [1.165, 1.54) is 20.8 Å². The second kappa shape index (κ2) is 12.1. The van der Waals surface area contributed by atoms with E-state index in [1.54, 1.807) is 13.8 Å². The van der Waals surface area contributed by atoms with Crippen molar-refractivity contribution in [2.45, 2.75) is 94.7 Å². The molecule has 0 saturated carbocycles. The first-order valence-electron chi connectivity index (χ1n) is 10.3. The lowest BCUT2D eigenvalue weighted by Gasteiger charge is -2.31. The van der Waals surface area contributed by atoms with Gasteiger partial charge in [-0.1, -0.05) is 13.8 Å². The largest absolute Gasteiger partial charge is 0.480 e. The number of thiol groups is 2. The van der Waals surface area contributed by atoms with Crippen LogP contribution >= 0.6 is 25.3 Å². The SMILES string of the molecule is CC(C)C[C@H](NC(=O)[C@@H](N)C(C)(C)S)C(=O)N[C@H](C(=O)N[C@@H](C(=O)O)C(C)(C)S)[C@@H](C)O. The Balaban J connectivity index is 5.60. The van der Waals surface area contributed by atoms with Crippen molar-refractivity contribution in [1.82, 2.24) is 16.0 Å². The molecule has 3 amide bonds. The van der Waals surface area contributed by atoms with Gasteiger partial charge < -0.3 is 31.9 Å². The first-order chi connectivity index (χ1) is 14.3. The van der Waals surface area contributed by atoms with Gasteiger partial charge in [-0.15, -0.1) is 0 Å². The highest BCUT2D eigenvalue weighted by Gasteiger charge is 2.38. The van der Waals surface area contributed by atoms with Crippen LogP contribution in [-0.4, -0.2) is 73.7 Å². The maximum Gasteiger partial charge on any atom is 0.327 e. The highest BCUT2D eigenvalue weighted by molar-refractivity contribution is 7.82. The zero-order valence-corrected chi connectivity index (χ0v) is 21.5. The van der Waals surface area contributed by atoms with Crippen LogP contribution in [0.5, 0.6) is 0 Å². The molecule has 0 bridgehead atoms. The Labute approximate surface area is 200 Å². The molecule has 0 rings (SSSR count). The van der Waals surface area contributed by atoms with Crippen LogP contribution in [0.25, 0.3) is 0 Å². The van der Waals surface area contributed by atoms with Crippen LogP contribution in [-0.2, 0) is 19.2 Å². The van der Waals surface area contributed by atoms with Gasteiger partial charge in [0.25, 0.3) is 0 Å². The van der Waals surface area contributed by atoms with Crippen molar-refractivity contribution in [1.29, 1.82) is 0 Å². The van der Waals surface area contributed by atoms with E-state index in [0.717, 1.165) is 0 Å². The molecule has 32 heavy (non-hydrogen) atoms. The fourth-order valence-corrected chi connectivity index (χ4v) is 3.01. The molecule has 12 heteroatoms. The third kappa shape index (κ3) is 9.97. The van der Waals surface area contributed by atoms with Gasteiger partial charge >= 0.3 is 5.97 Å². The van der Waals surface area contributed by atoms with Gasteiger partial charge in [0, 0.05) is 9.49 Å². The molecular weight excluding hydrogens is 456 g/mol. The summed E-state index contributed by atoms with van der Waals surface area (Å²) in [5.41, 5.74) is 5.91. The summed E-state index contributed by atoms with van der Waals surface area (Å²) in [6.45, 7) is 11.3. The molecule has 10 nitrogen and oxygen atoms in total. The van der Waals surface area contributed by atoms with Crippen molar-refractivity contribution in [3.8, 4) is 0 Å². The van der Waals surface area contributed by atoms with Gasteiger partial charge in [-0.25, -0.2) is 4.79 Å². The number of carboxylic acids is 1. The normalized spacial score (nSPS) is 17.0. The number of aliphatic hydroxyl groups excluding tert-OH is 1. The van der Waals surface area contributed by atoms with E-state index < -0.39 is 63.5 Å². The predicted molar refractivity (Wildman–Crippen MR) is 129 cm³/mol. The summed E-state index contributed by atoms with van der Waals surface area (Å²) in [5.74, 6) is -3.51. The molecule has 0 aromatic heterocycles. The zero-order valence-electron chi connectivity index (χ0n) is 19.7. The van der Waals surface area contributed by atoms with Gasteiger partial charge in [-0.3, -0.25) is 14.4 Å². The standard InChI is InChI=1S/C20H38N4O6S2/c1-9(2)8-11(22-17(28)13(21)19(4,5)31)15(26)23-12(10(3)25)16(27)24-14(18(29)30)20(6,7)32/h9-14,25,31-32H,8,21H2,1-7H3,(H,22,28)(H,23,26)(H,24,27)(H,29,30)/t10-,11+,12+,13-,14+/m1/s1. The second-order valence-corrected chi connectivity index (χ2v) is 11.8. The van der Waals surface area contributed by atoms with Crippen LogP contribution in [0.1, 0.15) is 54.9 Å². The minimum absolute atomic E-state index is 0.00600.